The Labute approximate surface area is 145 Å². The van der Waals surface area contributed by atoms with Gasteiger partial charge in [0.1, 0.15) is 5.82 Å². The van der Waals surface area contributed by atoms with E-state index < -0.39 is 0 Å². The van der Waals surface area contributed by atoms with Gasteiger partial charge in [0.2, 0.25) is 0 Å². The minimum absolute atomic E-state index is 0.199. The van der Waals surface area contributed by atoms with Gasteiger partial charge in [0, 0.05) is 12.6 Å². The van der Waals surface area contributed by atoms with E-state index in [4.69, 9.17) is 4.52 Å². The van der Waals surface area contributed by atoms with Crippen molar-refractivity contribution in [2.24, 2.45) is 0 Å². The highest BCUT2D eigenvalue weighted by Gasteiger charge is 2.28. The first-order valence-corrected chi connectivity index (χ1v) is 8.66. The van der Waals surface area contributed by atoms with Crippen molar-refractivity contribution in [1.82, 2.24) is 20.3 Å². The van der Waals surface area contributed by atoms with Gasteiger partial charge in [-0.15, -0.1) is 0 Å². The molecule has 1 fully saturated rings. The molecule has 130 valence electrons. The van der Waals surface area contributed by atoms with E-state index in [1.54, 1.807) is 6.20 Å². The molecule has 5 nitrogen and oxygen atoms in total. The molecule has 0 saturated carbocycles. The summed E-state index contributed by atoms with van der Waals surface area (Å²) in [7, 11) is 0. The predicted octanol–water partition coefficient (Wildman–Crippen LogP) is 4.24. The van der Waals surface area contributed by atoms with Gasteiger partial charge in [0.15, 0.2) is 5.76 Å². The summed E-state index contributed by atoms with van der Waals surface area (Å²) >= 11 is 0. The third-order valence-electron chi connectivity index (χ3n) is 4.81. The number of rotatable bonds is 4. The van der Waals surface area contributed by atoms with Crippen molar-refractivity contribution in [3.63, 3.8) is 0 Å². The number of aryl methyl sites for hydroxylation is 1. The van der Waals surface area contributed by atoms with E-state index in [1.165, 1.54) is 25.0 Å². The summed E-state index contributed by atoms with van der Waals surface area (Å²) in [6, 6.07) is 8.92. The van der Waals surface area contributed by atoms with Gasteiger partial charge in [-0.25, -0.2) is 4.39 Å². The van der Waals surface area contributed by atoms with Gasteiger partial charge in [-0.05, 0) is 44.0 Å². The number of nitrogens with zero attached hydrogens (tertiary/aromatic N) is 3. The molecule has 0 spiro atoms. The number of aromatic nitrogens is 3. The minimum atomic E-state index is -0.199. The molecule has 2 aromatic heterocycles. The highest BCUT2D eigenvalue weighted by atomic mass is 19.1. The fourth-order valence-corrected chi connectivity index (χ4v) is 3.57. The molecular weight excluding hydrogens is 319 g/mol. The predicted molar refractivity (Wildman–Crippen MR) is 92.2 cm³/mol. The normalized spacial score (nSPS) is 18.6. The molecule has 6 heteroatoms. The zero-order valence-electron chi connectivity index (χ0n) is 14.2. The number of H-pyrrole nitrogens is 1. The van der Waals surface area contributed by atoms with Gasteiger partial charge >= 0.3 is 0 Å². The molecule has 3 heterocycles. The number of benzene rings is 1. The first-order valence-electron chi connectivity index (χ1n) is 8.66. The molecule has 0 unspecified atom stereocenters. The van der Waals surface area contributed by atoms with Crippen LogP contribution >= 0.6 is 0 Å². The average molecular weight is 340 g/mol. The van der Waals surface area contributed by atoms with Crippen LogP contribution in [0.4, 0.5) is 4.39 Å². The van der Waals surface area contributed by atoms with Crippen LogP contribution in [0.25, 0.3) is 11.3 Å². The molecule has 4 rings (SSSR count). The molecule has 3 aromatic rings. The molecule has 25 heavy (non-hydrogen) atoms. The van der Waals surface area contributed by atoms with Crippen molar-refractivity contribution >= 4 is 0 Å². The smallest absolute Gasteiger partial charge is 0.170 e. The van der Waals surface area contributed by atoms with E-state index in [0.717, 1.165) is 47.8 Å². The molecule has 0 radical (unpaired) electrons. The molecule has 1 atom stereocenters. The fraction of sp³-hybridized carbons (Fsp3) is 0.368. The van der Waals surface area contributed by atoms with E-state index in [-0.39, 0.29) is 11.9 Å². The van der Waals surface area contributed by atoms with Crippen molar-refractivity contribution in [2.75, 3.05) is 6.54 Å². The second kappa shape index (κ2) is 6.80. The monoisotopic (exact) mass is 340 g/mol. The quantitative estimate of drug-likeness (QED) is 0.772. The summed E-state index contributed by atoms with van der Waals surface area (Å²) in [5, 5.41) is 11.4. The number of hydrogen-bond donors (Lipinski definition) is 1. The van der Waals surface area contributed by atoms with Crippen molar-refractivity contribution in [3.8, 4) is 11.3 Å². The molecule has 1 aliphatic heterocycles. The lowest BCUT2D eigenvalue weighted by Gasteiger charge is -2.35. The van der Waals surface area contributed by atoms with Crippen LogP contribution in [0.1, 0.15) is 42.3 Å². The molecule has 1 aromatic carbocycles. The van der Waals surface area contributed by atoms with Crippen LogP contribution in [0.15, 0.2) is 41.1 Å². The minimum Gasteiger partial charge on any atom is -0.356 e. The Morgan fingerprint density at radius 3 is 2.88 bits per heavy atom. The average Bonchev–Trinajstić information content (AvgIpc) is 3.26. The lowest BCUT2D eigenvalue weighted by atomic mass is 9.95. The second-order valence-corrected chi connectivity index (χ2v) is 6.64. The Morgan fingerprint density at radius 1 is 1.28 bits per heavy atom. The molecule has 1 saturated heterocycles. The van der Waals surface area contributed by atoms with E-state index in [1.807, 2.05) is 25.1 Å². The summed E-state index contributed by atoms with van der Waals surface area (Å²) in [4.78, 5) is 2.43. The van der Waals surface area contributed by atoms with Crippen molar-refractivity contribution in [3.05, 3.63) is 59.3 Å². The topological polar surface area (TPSA) is 58.0 Å². The van der Waals surface area contributed by atoms with E-state index in [9.17, 15) is 4.39 Å². The van der Waals surface area contributed by atoms with Gasteiger partial charge in [0.25, 0.3) is 0 Å². The van der Waals surface area contributed by atoms with Gasteiger partial charge in [-0.1, -0.05) is 23.7 Å². The van der Waals surface area contributed by atoms with Crippen molar-refractivity contribution < 1.29 is 8.91 Å². The molecular formula is C19H21FN4O. The Balaban J connectivity index is 1.61. The summed E-state index contributed by atoms with van der Waals surface area (Å²) in [6.45, 7) is 3.71. The lowest BCUT2D eigenvalue weighted by Crippen LogP contribution is -2.33. The first-order chi connectivity index (χ1) is 12.2. The third-order valence-corrected chi connectivity index (χ3v) is 4.81. The number of piperidine rings is 1. The molecule has 0 amide bonds. The van der Waals surface area contributed by atoms with Crippen LogP contribution in [0.5, 0.6) is 0 Å². The largest absolute Gasteiger partial charge is 0.356 e. The summed E-state index contributed by atoms with van der Waals surface area (Å²) in [5.74, 6) is 0.545. The highest BCUT2D eigenvalue weighted by Crippen LogP contribution is 2.36. The first kappa shape index (κ1) is 16.0. The molecule has 0 aliphatic carbocycles. The maximum Gasteiger partial charge on any atom is 0.170 e. The lowest BCUT2D eigenvalue weighted by molar-refractivity contribution is 0.137. The zero-order valence-corrected chi connectivity index (χ0v) is 14.2. The second-order valence-electron chi connectivity index (χ2n) is 6.64. The standard InChI is InChI=1S/C19H21FN4O/c1-13-10-18(25-23-13)16-11-21-22-19(16)17-4-2-3-9-24(17)12-14-5-7-15(20)8-6-14/h5-8,10-11,17H,2-4,9,12H2,1H3,(H,21,22)/t17-/m0/s1. The van der Waals surface area contributed by atoms with E-state index in [0.29, 0.717) is 0 Å². The van der Waals surface area contributed by atoms with Crippen molar-refractivity contribution in [1.29, 1.82) is 0 Å². The van der Waals surface area contributed by atoms with Crippen LogP contribution in [-0.4, -0.2) is 26.8 Å². The Morgan fingerprint density at radius 2 is 2.12 bits per heavy atom. The number of nitrogens with one attached hydrogen (secondary N) is 1. The Hall–Kier alpha value is -2.47. The van der Waals surface area contributed by atoms with Crippen molar-refractivity contribution in [2.45, 2.75) is 38.8 Å². The van der Waals surface area contributed by atoms with Crippen LogP contribution in [0.3, 0.4) is 0 Å². The maximum atomic E-state index is 13.2. The SMILES string of the molecule is Cc1cc(-c2cn[nH]c2[C@@H]2CCCCN2Cc2ccc(F)cc2)on1. The van der Waals surface area contributed by atoms with E-state index >= 15 is 0 Å². The van der Waals surface area contributed by atoms with Gasteiger partial charge in [-0.3, -0.25) is 10.00 Å². The van der Waals surface area contributed by atoms with Crippen LogP contribution < -0.4 is 0 Å². The van der Waals surface area contributed by atoms with E-state index in [2.05, 4.69) is 20.3 Å². The summed E-state index contributed by atoms with van der Waals surface area (Å²) in [5.41, 5.74) is 4.01. The third kappa shape index (κ3) is 3.35. The number of aromatic amines is 1. The number of halogens is 1. The summed E-state index contributed by atoms with van der Waals surface area (Å²) < 4.78 is 18.6. The zero-order chi connectivity index (χ0) is 17.2. The van der Waals surface area contributed by atoms with Gasteiger partial charge in [0.05, 0.1) is 29.2 Å². The molecule has 1 aliphatic rings. The number of hydrogen-bond acceptors (Lipinski definition) is 4. The Bertz CT molecular complexity index is 839. The van der Waals surface area contributed by atoms with Crippen LogP contribution in [0.2, 0.25) is 0 Å². The van der Waals surface area contributed by atoms with Crippen LogP contribution in [0, 0.1) is 12.7 Å². The Kier molecular flexibility index (Phi) is 4.36. The highest BCUT2D eigenvalue weighted by molar-refractivity contribution is 5.60. The summed E-state index contributed by atoms with van der Waals surface area (Å²) in [6.07, 6.45) is 5.21. The number of likely N-dealkylation sites (tertiary alicyclic amines) is 1. The van der Waals surface area contributed by atoms with Gasteiger partial charge in [-0.2, -0.15) is 5.10 Å². The van der Waals surface area contributed by atoms with Gasteiger partial charge < -0.3 is 4.52 Å². The molecule has 0 bridgehead atoms. The fourth-order valence-electron chi connectivity index (χ4n) is 3.57. The molecule has 1 N–H and O–H groups in total. The van der Waals surface area contributed by atoms with Crippen LogP contribution in [-0.2, 0) is 6.54 Å². The maximum absolute atomic E-state index is 13.2.